The molecule has 2 fully saturated rings. The van der Waals surface area contributed by atoms with Crippen molar-refractivity contribution in [2.24, 2.45) is 0 Å². The van der Waals surface area contributed by atoms with Crippen LogP contribution in [0.3, 0.4) is 0 Å². The zero-order chi connectivity index (χ0) is 25.9. The number of anilines is 2. The molecule has 1 N–H and O–H groups in total. The zero-order valence-corrected chi connectivity index (χ0v) is 23.2. The van der Waals surface area contributed by atoms with Gasteiger partial charge in [0, 0.05) is 69.2 Å². The fourth-order valence-corrected chi connectivity index (χ4v) is 5.95. The Morgan fingerprint density at radius 2 is 1.81 bits per heavy atom. The Balaban J connectivity index is 1.46. The summed E-state index contributed by atoms with van der Waals surface area (Å²) in [5.41, 5.74) is 7.13. The van der Waals surface area contributed by atoms with Crippen molar-refractivity contribution in [1.29, 1.82) is 0 Å². The third-order valence-corrected chi connectivity index (χ3v) is 7.95. The van der Waals surface area contributed by atoms with E-state index >= 15 is 0 Å². The fraction of sp³-hybridized carbons (Fsp3) is 0.448. The van der Waals surface area contributed by atoms with Gasteiger partial charge in [-0.15, -0.1) is 0 Å². The topological polar surface area (TPSA) is 48.8 Å². The molecule has 7 nitrogen and oxygen atoms in total. The van der Waals surface area contributed by atoms with Crippen LogP contribution in [0.5, 0.6) is 0 Å². The maximum absolute atomic E-state index is 5.94. The third kappa shape index (κ3) is 5.37. The summed E-state index contributed by atoms with van der Waals surface area (Å²) in [6.07, 6.45) is 2.98. The molecule has 0 bridgehead atoms. The Labute approximate surface area is 226 Å². The highest BCUT2D eigenvalue weighted by atomic mass is 32.1. The summed E-state index contributed by atoms with van der Waals surface area (Å²) in [5, 5.41) is 4.34. The minimum atomic E-state index is -0.0375. The quantitative estimate of drug-likeness (QED) is 0.442. The van der Waals surface area contributed by atoms with E-state index in [2.05, 4.69) is 88.9 Å². The fourth-order valence-electron chi connectivity index (χ4n) is 5.61. The number of morpholine rings is 1. The molecule has 2 saturated heterocycles. The zero-order valence-electron chi connectivity index (χ0n) is 22.4. The van der Waals surface area contributed by atoms with Crippen molar-refractivity contribution in [2.45, 2.75) is 38.9 Å². The van der Waals surface area contributed by atoms with Gasteiger partial charge < -0.3 is 24.4 Å². The van der Waals surface area contributed by atoms with Gasteiger partial charge in [-0.3, -0.25) is 9.88 Å². The number of hydrogen-bond donors (Lipinski definition) is 1. The number of aromatic nitrogens is 2. The van der Waals surface area contributed by atoms with Gasteiger partial charge in [0.05, 0.1) is 31.0 Å². The van der Waals surface area contributed by atoms with Crippen LogP contribution in [-0.2, 0) is 11.3 Å². The van der Waals surface area contributed by atoms with Crippen LogP contribution in [-0.4, -0.2) is 66.5 Å². The maximum atomic E-state index is 5.94. The first kappa shape index (κ1) is 25.7. The Morgan fingerprint density at radius 3 is 2.49 bits per heavy atom. The summed E-state index contributed by atoms with van der Waals surface area (Å²) in [4.78, 5) is 11.6. The molecule has 2 unspecified atom stereocenters. The predicted molar refractivity (Wildman–Crippen MR) is 154 cm³/mol. The van der Waals surface area contributed by atoms with Crippen LogP contribution >= 0.6 is 12.2 Å². The van der Waals surface area contributed by atoms with Crippen LogP contribution in [0.15, 0.2) is 54.7 Å². The van der Waals surface area contributed by atoms with Crippen LogP contribution < -0.4 is 15.1 Å². The highest BCUT2D eigenvalue weighted by Crippen LogP contribution is 2.43. The standard InChI is InChI=1S/C29H38N6OS/c1-21-20-25(22(2)34(21)15-7-14-33-16-18-36-19-17-33)28-27(26-8-5-6-13-30-26)31-29(37)35(28)24-11-9-23(10-12-24)32(3)4/h5-6,8-13,20,27-28H,7,14-19H2,1-4H3,(H,31,37). The lowest BCUT2D eigenvalue weighted by Gasteiger charge is -2.29. The van der Waals surface area contributed by atoms with Gasteiger partial charge in [0.15, 0.2) is 5.11 Å². The van der Waals surface area contributed by atoms with E-state index in [0.29, 0.717) is 0 Å². The summed E-state index contributed by atoms with van der Waals surface area (Å²) < 4.78 is 7.98. The van der Waals surface area contributed by atoms with Crippen LogP contribution in [0.25, 0.3) is 0 Å². The lowest BCUT2D eigenvalue weighted by molar-refractivity contribution is 0.0369. The molecule has 1 aromatic carbocycles. The van der Waals surface area contributed by atoms with Gasteiger partial charge >= 0.3 is 0 Å². The molecule has 2 atom stereocenters. The number of aryl methyl sites for hydroxylation is 1. The first-order valence-electron chi connectivity index (χ1n) is 13.2. The van der Waals surface area contributed by atoms with E-state index in [9.17, 15) is 0 Å². The minimum absolute atomic E-state index is 0.00630. The molecular weight excluding hydrogens is 480 g/mol. The SMILES string of the molecule is Cc1cc(C2C(c3ccccn3)NC(=S)N2c2ccc(N(C)C)cc2)c(C)n1CCCN1CCOCC1. The molecule has 0 saturated carbocycles. The number of rotatable bonds is 8. The van der Waals surface area contributed by atoms with Crippen LogP contribution in [0, 0.1) is 13.8 Å². The smallest absolute Gasteiger partial charge is 0.174 e. The maximum Gasteiger partial charge on any atom is 0.174 e. The minimum Gasteiger partial charge on any atom is -0.379 e. The van der Waals surface area contributed by atoms with Crippen LogP contribution in [0.1, 0.15) is 41.1 Å². The molecule has 3 aromatic rings. The van der Waals surface area contributed by atoms with Gasteiger partial charge in [-0.25, -0.2) is 0 Å². The molecule has 2 aliphatic rings. The summed E-state index contributed by atoms with van der Waals surface area (Å²) in [5.74, 6) is 0. The van der Waals surface area contributed by atoms with Gasteiger partial charge in [0.25, 0.3) is 0 Å². The van der Waals surface area contributed by atoms with E-state index in [1.807, 2.05) is 18.3 Å². The highest BCUT2D eigenvalue weighted by molar-refractivity contribution is 7.80. The first-order valence-corrected chi connectivity index (χ1v) is 13.6. The molecule has 2 aliphatic heterocycles. The van der Waals surface area contributed by atoms with Crippen molar-refractivity contribution < 1.29 is 4.74 Å². The van der Waals surface area contributed by atoms with E-state index < -0.39 is 0 Å². The molecule has 0 aliphatic carbocycles. The van der Waals surface area contributed by atoms with E-state index in [0.717, 1.165) is 68.0 Å². The molecule has 5 rings (SSSR count). The number of pyridine rings is 1. The second-order valence-corrected chi connectivity index (χ2v) is 10.6. The van der Waals surface area contributed by atoms with Gasteiger partial charge in [-0.05, 0) is 80.5 Å². The highest BCUT2D eigenvalue weighted by Gasteiger charge is 2.42. The number of nitrogens with one attached hydrogen (secondary N) is 1. The summed E-state index contributed by atoms with van der Waals surface area (Å²) >= 11 is 5.94. The van der Waals surface area contributed by atoms with Crippen molar-refractivity contribution in [2.75, 3.05) is 56.7 Å². The summed E-state index contributed by atoms with van der Waals surface area (Å²) in [6, 6.07) is 17.1. The Bertz CT molecular complexity index is 1200. The van der Waals surface area contributed by atoms with Crippen molar-refractivity contribution >= 4 is 28.7 Å². The van der Waals surface area contributed by atoms with Gasteiger partial charge in [0.1, 0.15) is 0 Å². The van der Waals surface area contributed by atoms with E-state index in [4.69, 9.17) is 21.9 Å². The van der Waals surface area contributed by atoms with Crippen LogP contribution in [0.2, 0.25) is 0 Å². The number of hydrogen-bond acceptors (Lipinski definition) is 5. The number of nitrogens with zero attached hydrogens (tertiary/aromatic N) is 5. The van der Waals surface area contributed by atoms with Gasteiger partial charge in [-0.2, -0.15) is 0 Å². The Morgan fingerprint density at radius 1 is 1.05 bits per heavy atom. The average Bonchev–Trinajstić information content (AvgIpc) is 3.40. The molecule has 0 spiro atoms. The Kier molecular flexibility index (Phi) is 7.79. The van der Waals surface area contributed by atoms with Crippen molar-refractivity contribution in [3.63, 3.8) is 0 Å². The molecule has 196 valence electrons. The Hall–Kier alpha value is -2.94. The average molecular weight is 519 g/mol. The van der Waals surface area contributed by atoms with Crippen molar-refractivity contribution in [3.8, 4) is 0 Å². The molecule has 0 amide bonds. The van der Waals surface area contributed by atoms with E-state index in [1.54, 1.807) is 0 Å². The molecule has 37 heavy (non-hydrogen) atoms. The molecule has 8 heteroatoms. The number of ether oxygens (including phenoxy) is 1. The second kappa shape index (κ2) is 11.2. The summed E-state index contributed by atoms with van der Waals surface area (Å²) in [7, 11) is 4.12. The van der Waals surface area contributed by atoms with Crippen molar-refractivity contribution in [3.05, 3.63) is 77.4 Å². The second-order valence-electron chi connectivity index (χ2n) is 10.2. The lowest BCUT2D eigenvalue weighted by Crippen LogP contribution is -2.37. The van der Waals surface area contributed by atoms with Crippen LogP contribution in [0.4, 0.5) is 11.4 Å². The molecule has 0 radical (unpaired) electrons. The normalized spacial score (nSPS) is 20.3. The lowest BCUT2D eigenvalue weighted by atomic mass is 9.96. The van der Waals surface area contributed by atoms with Gasteiger partial charge in [-0.1, -0.05) is 6.07 Å². The van der Waals surface area contributed by atoms with E-state index in [1.165, 1.54) is 17.0 Å². The molecule has 4 heterocycles. The van der Waals surface area contributed by atoms with Gasteiger partial charge in [0.2, 0.25) is 0 Å². The predicted octanol–water partition coefficient (Wildman–Crippen LogP) is 4.47. The third-order valence-electron chi connectivity index (χ3n) is 7.63. The first-order chi connectivity index (χ1) is 17.9. The monoisotopic (exact) mass is 518 g/mol. The largest absolute Gasteiger partial charge is 0.379 e. The number of thiocarbonyl (C=S) groups is 1. The summed E-state index contributed by atoms with van der Waals surface area (Å²) in [6.45, 7) is 10.3. The number of benzene rings is 1. The van der Waals surface area contributed by atoms with E-state index in [-0.39, 0.29) is 12.1 Å². The van der Waals surface area contributed by atoms with Crippen molar-refractivity contribution in [1.82, 2.24) is 19.8 Å². The molecule has 2 aromatic heterocycles. The molecular formula is C29H38N6OS.